The van der Waals surface area contributed by atoms with Gasteiger partial charge in [0.25, 0.3) is 0 Å². The molecule has 1 heterocycles. The molecule has 0 aromatic heterocycles. The first kappa shape index (κ1) is 22.6. The minimum absolute atomic E-state index is 0.0407. The van der Waals surface area contributed by atoms with Crippen LogP contribution in [0.4, 0.5) is 4.79 Å². The average Bonchev–Trinajstić information content (AvgIpc) is 3.03. The summed E-state index contributed by atoms with van der Waals surface area (Å²) < 4.78 is 0. The molecular formula is C17H29N9O. The second-order valence-corrected chi connectivity index (χ2v) is 6.10. The van der Waals surface area contributed by atoms with E-state index < -0.39 is 0 Å². The highest BCUT2D eigenvalue weighted by Gasteiger charge is 2.27. The third kappa shape index (κ3) is 9.74. The van der Waals surface area contributed by atoms with Crippen LogP contribution in [0.15, 0.2) is 0 Å². The lowest BCUT2D eigenvalue weighted by Gasteiger charge is -2.25. The van der Waals surface area contributed by atoms with Gasteiger partial charge in [0.15, 0.2) is 0 Å². The molecule has 0 aliphatic carbocycles. The number of amides is 2. The molecule has 1 aliphatic heterocycles. The van der Waals surface area contributed by atoms with Gasteiger partial charge in [-0.05, 0) is 0 Å². The van der Waals surface area contributed by atoms with Gasteiger partial charge in [0.1, 0.15) is 0 Å². The SMILES string of the molecule is N#CCNCCN(CCNCC#N)CCN1CCN(CCNCC#N)C1=O. The number of urea groups is 1. The molecule has 0 atom stereocenters. The van der Waals surface area contributed by atoms with Gasteiger partial charge in [-0.1, -0.05) is 0 Å². The standard InChI is InChI=1S/C17H29N9O/c18-1-4-21-7-10-24(11-8-22-5-2-19)13-14-26-16-15-25(17(26)27)12-9-23-6-3-20/h21-23H,4-16H2. The lowest BCUT2D eigenvalue weighted by molar-refractivity contribution is 0.182. The smallest absolute Gasteiger partial charge is 0.320 e. The number of carbonyl (C=O) groups excluding carboxylic acids is 1. The van der Waals surface area contributed by atoms with Crippen molar-refractivity contribution in [2.45, 2.75) is 0 Å². The Hall–Kier alpha value is -2.42. The van der Waals surface area contributed by atoms with Gasteiger partial charge >= 0.3 is 6.03 Å². The average molecular weight is 375 g/mol. The fourth-order valence-corrected chi connectivity index (χ4v) is 2.77. The van der Waals surface area contributed by atoms with Crippen molar-refractivity contribution in [2.24, 2.45) is 0 Å². The summed E-state index contributed by atoms with van der Waals surface area (Å²) in [5.74, 6) is 0. The second kappa shape index (κ2) is 14.7. The maximum absolute atomic E-state index is 12.4. The van der Waals surface area contributed by atoms with Crippen LogP contribution >= 0.6 is 0 Å². The molecule has 3 N–H and O–H groups in total. The molecule has 2 amide bonds. The molecule has 27 heavy (non-hydrogen) atoms. The number of hydrogen-bond donors (Lipinski definition) is 3. The van der Waals surface area contributed by atoms with Gasteiger partial charge in [-0.3, -0.25) is 4.90 Å². The summed E-state index contributed by atoms with van der Waals surface area (Å²) in [5, 5.41) is 34.8. The highest BCUT2D eigenvalue weighted by atomic mass is 16.2. The van der Waals surface area contributed by atoms with Gasteiger partial charge in [-0.2, -0.15) is 15.8 Å². The molecule has 0 saturated carbocycles. The zero-order valence-electron chi connectivity index (χ0n) is 15.8. The molecule has 0 aromatic carbocycles. The minimum Gasteiger partial charge on any atom is -0.322 e. The van der Waals surface area contributed by atoms with E-state index in [-0.39, 0.29) is 6.03 Å². The van der Waals surface area contributed by atoms with Crippen LogP contribution in [0.25, 0.3) is 0 Å². The summed E-state index contributed by atoms with van der Waals surface area (Å²) >= 11 is 0. The Kier molecular flexibility index (Phi) is 12.3. The number of carbonyl (C=O) groups is 1. The van der Waals surface area contributed by atoms with E-state index in [1.807, 2.05) is 11.0 Å². The van der Waals surface area contributed by atoms with Crippen molar-refractivity contribution in [3.8, 4) is 18.2 Å². The van der Waals surface area contributed by atoms with Gasteiger partial charge in [0.05, 0.1) is 37.8 Å². The van der Waals surface area contributed by atoms with E-state index in [1.54, 1.807) is 4.90 Å². The van der Waals surface area contributed by atoms with Crippen molar-refractivity contribution >= 4 is 6.03 Å². The molecule has 1 saturated heterocycles. The van der Waals surface area contributed by atoms with E-state index in [0.29, 0.717) is 65.4 Å². The number of nitriles is 3. The van der Waals surface area contributed by atoms with Crippen molar-refractivity contribution in [2.75, 3.05) is 85.1 Å². The normalized spacial score (nSPS) is 13.6. The van der Waals surface area contributed by atoms with Gasteiger partial charge in [0.2, 0.25) is 0 Å². The van der Waals surface area contributed by atoms with E-state index >= 15 is 0 Å². The van der Waals surface area contributed by atoms with Crippen LogP contribution in [0.2, 0.25) is 0 Å². The highest BCUT2D eigenvalue weighted by Crippen LogP contribution is 2.07. The van der Waals surface area contributed by atoms with Crippen molar-refractivity contribution in [3.05, 3.63) is 0 Å². The maximum Gasteiger partial charge on any atom is 0.320 e. The molecule has 10 heteroatoms. The largest absolute Gasteiger partial charge is 0.322 e. The van der Waals surface area contributed by atoms with Gasteiger partial charge in [-0.15, -0.1) is 0 Å². The van der Waals surface area contributed by atoms with Crippen LogP contribution in [0.3, 0.4) is 0 Å². The lowest BCUT2D eigenvalue weighted by Crippen LogP contribution is -2.43. The molecule has 0 unspecified atom stereocenters. The van der Waals surface area contributed by atoms with Crippen LogP contribution in [0.1, 0.15) is 0 Å². The van der Waals surface area contributed by atoms with Crippen molar-refractivity contribution in [1.82, 2.24) is 30.7 Å². The molecule has 1 aliphatic rings. The molecule has 0 bridgehead atoms. The fourth-order valence-electron chi connectivity index (χ4n) is 2.77. The minimum atomic E-state index is 0.0407. The van der Waals surface area contributed by atoms with Crippen LogP contribution in [0, 0.1) is 34.0 Å². The van der Waals surface area contributed by atoms with Gasteiger partial charge in [-0.25, -0.2) is 4.79 Å². The van der Waals surface area contributed by atoms with Crippen molar-refractivity contribution < 1.29 is 4.79 Å². The zero-order chi connectivity index (χ0) is 19.7. The van der Waals surface area contributed by atoms with Gasteiger partial charge in [0, 0.05) is 65.4 Å². The third-order valence-corrected chi connectivity index (χ3v) is 4.25. The van der Waals surface area contributed by atoms with Crippen LogP contribution in [0.5, 0.6) is 0 Å². The van der Waals surface area contributed by atoms with E-state index in [2.05, 4.69) is 33.0 Å². The summed E-state index contributed by atoms with van der Waals surface area (Å²) in [5.41, 5.74) is 0. The molecule has 1 fully saturated rings. The van der Waals surface area contributed by atoms with Crippen molar-refractivity contribution in [3.63, 3.8) is 0 Å². The summed E-state index contributed by atoms with van der Waals surface area (Å²) in [6, 6.07) is 6.17. The third-order valence-electron chi connectivity index (χ3n) is 4.25. The number of nitrogens with zero attached hydrogens (tertiary/aromatic N) is 6. The number of nitrogens with one attached hydrogen (secondary N) is 3. The van der Waals surface area contributed by atoms with E-state index in [0.717, 1.165) is 19.6 Å². The fraction of sp³-hybridized carbons (Fsp3) is 0.765. The van der Waals surface area contributed by atoms with E-state index in [1.165, 1.54) is 0 Å². The molecule has 148 valence electrons. The van der Waals surface area contributed by atoms with Gasteiger partial charge < -0.3 is 25.8 Å². The Balaban J connectivity index is 2.34. The quantitative estimate of drug-likeness (QED) is 0.229. The van der Waals surface area contributed by atoms with E-state index in [9.17, 15) is 4.79 Å². The highest BCUT2D eigenvalue weighted by molar-refractivity contribution is 5.76. The summed E-state index contributed by atoms with van der Waals surface area (Å²) in [4.78, 5) is 18.3. The topological polar surface area (TPSA) is 134 Å². The molecular weight excluding hydrogens is 346 g/mol. The van der Waals surface area contributed by atoms with Crippen molar-refractivity contribution in [1.29, 1.82) is 15.8 Å². The summed E-state index contributed by atoms with van der Waals surface area (Å²) in [6.45, 7) is 7.94. The Bertz CT molecular complexity index is 526. The number of hydrogen-bond acceptors (Lipinski definition) is 8. The monoisotopic (exact) mass is 375 g/mol. The Morgan fingerprint density at radius 2 is 1.26 bits per heavy atom. The Labute approximate surface area is 161 Å². The van der Waals surface area contributed by atoms with Crippen LogP contribution in [-0.4, -0.2) is 106 Å². The predicted octanol–water partition coefficient (Wildman–Crippen LogP) is -1.63. The molecule has 1 rings (SSSR count). The first-order valence-electron chi connectivity index (χ1n) is 9.22. The predicted molar refractivity (Wildman–Crippen MR) is 100 cm³/mol. The summed E-state index contributed by atoms with van der Waals surface area (Å²) in [6.07, 6.45) is 0. The van der Waals surface area contributed by atoms with Crippen LogP contribution in [-0.2, 0) is 0 Å². The number of rotatable bonds is 15. The molecule has 0 radical (unpaired) electrons. The lowest BCUT2D eigenvalue weighted by atomic mass is 10.4. The summed E-state index contributed by atoms with van der Waals surface area (Å²) in [7, 11) is 0. The Morgan fingerprint density at radius 3 is 1.78 bits per heavy atom. The molecule has 10 nitrogen and oxygen atoms in total. The van der Waals surface area contributed by atoms with E-state index in [4.69, 9.17) is 15.8 Å². The molecule has 0 spiro atoms. The Morgan fingerprint density at radius 1 is 0.778 bits per heavy atom. The maximum atomic E-state index is 12.4. The first-order chi connectivity index (χ1) is 13.2. The zero-order valence-corrected chi connectivity index (χ0v) is 15.8. The van der Waals surface area contributed by atoms with Crippen LogP contribution < -0.4 is 16.0 Å². The second-order valence-electron chi connectivity index (χ2n) is 6.10. The molecule has 0 aromatic rings. The first-order valence-corrected chi connectivity index (χ1v) is 9.22.